The second kappa shape index (κ2) is 8.29. The van der Waals surface area contributed by atoms with Crippen molar-refractivity contribution in [3.05, 3.63) is 54.1 Å². The summed E-state index contributed by atoms with van der Waals surface area (Å²) in [6.45, 7) is 7.40. The summed E-state index contributed by atoms with van der Waals surface area (Å²) in [6, 6.07) is 14.1. The number of esters is 1. The van der Waals surface area contributed by atoms with Crippen molar-refractivity contribution in [3.8, 4) is 0 Å². The van der Waals surface area contributed by atoms with E-state index in [2.05, 4.69) is 4.90 Å². The lowest BCUT2D eigenvalue weighted by molar-refractivity contribution is -0.151. The van der Waals surface area contributed by atoms with Crippen molar-refractivity contribution in [3.63, 3.8) is 0 Å². The predicted molar refractivity (Wildman–Crippen MR) is 96.5 cm³/mol. The fourth-order valence-electron chi connectivity index (χ4n) is 2.66. The summed E-state index contributed by atoms with van der Waals surface area (Å²) in [5, 5.41) is 2.23. The van der Waals surface area contributed by atoms with Crippen LogP contribution in [0.4, 0.5) is 0 Å². The summed E-state index contributed by atoms with van der Waals surface area (Å²) in [7, 11) is 0. The van der Waals surface area contributed by atoms with Gasteiger partial charge in [-0.15, -0.1) is 0 Å². The minimum atomic E-state index is -0.817. The zero-order valence-corrected chi connectivity index (χ0v) is 14.4. The molecule has 0 aromatic heterocycles. The average molecular weight is 325 g/mol. The van der Waals surface area contributed by atoms with E-state index in [1.807, 2.05) is 56.3 Å². The summed E-state index contributed by atoms with van der Waals surface area (Å²) in [6.07, 6.45) is 1.38. The van der Waals surface area contributed by atoms with Gasteiger partial charge < -0.3 is 9.64 Å². The Morgan fingerprint density at radius 1 is 1.00 bits per heavy atom. The van der Waals surface area contributed by atoms with Gasteiger partial charge in [0, 0.05) is 24.9 Å². The van der Waals surface area contributed by atoms with Crippen LogP contribution in [0.15, 0.2) is 48.5 Å². The molecule has 0 unspecified atom stereocenters. The molecular weight excluding hydrogens is 302 g/mol. The molecule has 0 aliphatic heterocycles. The molecule has 0 fully saturated rings. The van der Waals surface area contributed by atoms with Crippen LogP contribution in [0.25, 0.3) is 16.5 Å². The Balaban J connectivity index is 2.48. The Hall–Kier alpha value is -2.62. The quantitative estimate of drug-likeness (QED) is 0.443. The maximum absolute atomic E-state index is 12.1. The van der Waals surface area contributed by atoms with Crippen LogP contribution in [0, 0.1) is 0 Å². The van der Waals surface area contributed by atoms with Crippen molar-refractivity contribution in [2.75, 3.05) is 19.7 Å². The van der Waals surface area contributed by atoms with E-state index in [0.29, 0.717) is 0 Å². The Morgan fingerprint density at radius 3 is 2.29 bits per heavy atom. The van der Waals surface area contributed by atoms with Gasteiger partial charge in [-0.3, -0.25) is 4.79 Å². The number of rotatable bonds is 7. The zero-order valence-electron chi connectivity index (χ0n) is 14.4. The van der Waals surface area contributed by atoms with Crippen molar-refractivity contribution < 1.29 is 14.3 Å². The molecule has 0 aliphatic rings. The molecule has 0 spiro atoms. The highest BCUT2D eigenvalue weighted by atomic mass is 16.5. The fourth-order valence-corrected chi connectivity index (χ4v) is 2.66. The molecule has 0 radical (unpaired) electrons. The van der Waals surface area contributed by atoms with E-state index < -0.39 is 11.8 Å². The maximum atomic E-state index is 12.1. The molecule has 0 atom stereocenters. The van der Waals surface area contributed by atoms with E-state index in [1.54, 1.807) is 6.92 Å². The first-order valence-electron chi connectivity index (χ1n) is 8.27. The van der Waals surface area contributed by atoms with E-state index in [1.165, 1.54) is 6.08 Å². The number of fused-ring (bicyclic) bond motifs is 1. The molecule has 4 nitrogen and oxygen atoms in total. The molecule has 4 heteroatoms. The summed E-state index contributed by atoms with van der Waals surface area (Å²) >= 11 is 0. The van der Waals surface area contributed by atoms with Crippen molar-refractivity contribution in [2.45, 2.75) is 20.8 Å². The van der Waals surface area contributed by atoms with Gasteiger partial charge in [0.25, 0.3) is 5.78 Å². The third kappa shape index (κ3) is 4.02. The Morgan fingerprint density at radius 2 is 1.67 bits per heavy atom. The number of ketones is 1. The third-order valence-corrected chi connectivity index (χ3v) is 3.89. The van der Waals surface area contributed by atoms with Gasteiger partial charge >= 0.3 is 5.97 Å². The fraction of sp³-hybridized carbons (Fsp3) is 0.300. The highest BCUT2D eigenvalue weighted by molar-refractivity contribution is 6.39. The standard InChI is InChI=1S/C20H23NO3/c1-4-21(5-2)18(14-19(22)20(23)24-6-3)17-12-11-15-9-7-8-10-16(15)13-17/h7-14H,4-6H2,1-3H3/b18-14-. The molecule has 2 aromatic rings. The first kappa shape index (κ1) is 17.7. The Labute approximate surface area is 142 Å². The summed E-state index contributed by atoms with van der Waals surface area (Å²) in [5.74, 6) is -1.45. The number of nitrogens with zero attached hydrogens (tertiary/aromatic N) is 1. The van der Waals surface area contributed by atoms with Crippen LogP contribution in [-0.4, -0.2) is 36.3 Å². The first-order valence-corrected chi connectivity index (χ1v) is 8.27. The second-order valence-electron chi connectivity index (χ2n) is 5.35. The Bertz CT molecular complexity index is 760. The van der Waals surface area contributed by atoms with Crippen molar-refractivity contribution in [1.29, 1.82) is 0 Å². The molecule has 2 rings (SSSR count). The van der Waals surface area contributed by atoms with Crippen LogP contribution >= 0.6 is 0 Å². The average Bonchev–Trinajstić information content (AvgIpc) is 2.61. The molecule has 24 heavy (non-hydrogen) atoms. The molecule has 0 N–H and O–H groups in total. The van der Waals surface area contributed by atoms with Gasteiger partial charge in [-0.25, -0.2) is 4.79 Å². The predicted octanol–water partition coefficient (Wildman–Crippen LogP) is 3.65. The topological polar surface area (TPSA) is 46.6 Å². The molecule has 0 heterocycles. The first-order chi connectivity index (χ1) is 11.6. The highest BCUT2D eigenvalue weighted by Gasteiger charge is 2.17. The van der Waals surface area contributed by atoms with E-state index in [0.717, 1.165) is 35.1 Å². The van der Waals surface area contributed by atoms with Gasteiger partial charge in [0.05, 0.1) is 6.61 Å². The van der Waals surface area contributed by atoms with Crippen LogP contribution in [0.2, 0.25) is 0 Å². The lowest BCUT2D eigenvalue weighted by Gasteiger charge is -2.25. The smallest absolute Gasteiger partial charge is 0.379 e. The van der Waals surface area contributed by atoms with Gasteiger partial charge in [-0.1, -0.05) is 36.4 Å². The van der Waals surface area contributed by atoms with Crippen LogP contribution < -0.4 is 0 Å². The van der Waals surface area contributed by atoms with Crippen LogP contribution in [-0.2, 0) is 14.3 Å². The van der Waals surface area contributed by atoms with E-state index in [4.69, 9.17) is 4.74 Å². The summed E-state index contributed by atoms with van der Waals surface area (Å²) in [5.41, 5.74) is 1.65. The number of hydrogen-bond acceptors (Lipinski definition) is 4. The molecular formula is C20H23NO3. The lowest BCUT2D eigenvalue weighted by atomic mass is 10.0. The summed E-state index contributed by atoms with van der Waals surface area (Å²) in [4.78, 5) is 25.9. The molecule has 0 saturated heterocycles. The van der Waals surface area contributed by atoms with Crippen molar-refractivity contribution >= 4 is 28.2 Å². The number of carbonyl (C=O) groups excluding carboxylic acids is 2. The van der Waals surface area contributed by atoms with E-state index >= 15 is 0 Å². The number of ether oxygens (including phenoxy) is 1. The largest absolute Gasteiger partial charge is 0.460 e. The Kier molecular flexibility index (Phi) is 6.13. The van der Waals surface area contributed by atoms with Crippen molar-refractivity contribution in [1.82, 2.24) is 4.90 Å². The molecule has 0 saturated carbocycles. The van der Waals surface area contributed by atoms with Crippen LogP contribution in [0.1, 0.15) is 26.3 Å². The van der Waals surface area contributed by atoms with Gasteiger partial charge in [-0.05, 0) is 43.2 Å². The minimum Gasteiger partial charge on any atom is -0.460 e. The number of benzene rings is 2. The number of carbonyl (C=O) groups is 2. The molecule has 0 bridgehead atoms. The monoisotopic (exact) mass is 325 g/mol. The summed E-state index contributed by atoms with van der Waals surface area (Å²) < 4.78 is 4.81. The lowest BCUT2D eigenvalue weighted by Crippen LogP contribution is -2.24. The van der Waals surface area contributed by atoms with Gasteiger partial charge in [0.15, 0.2) is 0 Å². The molecule has 0 aliphatic carbocycles. The zero-order chi connectivity index (χ0) is 17.5. The molecule has 126 valence electrons. The minimum absolute atomic E-state index is 0.189. The SMILES string of the molecule is CCOC(=O)C(=O)/C=C(/c1ccc2ccccc2c1)N(CC)CC. The van der Waals surface area contributed by atoms with Gasteiger partial charge in [0.1, 0.15) is 0 Å². The van der Waals surface area contributed by atoms with E-state index in [9.17, 15) is 9.59 Å². The third-order valence-electron chi connectivity index (χ3n) is 3.89. The van der Waals surface area contributed by atoms with Crippen LogP contribution in [0.5, 0.6) is 0 Å². The van der Waals surface area contributed by atoms with E-state index in [-0.39, 0.29) is 6.61 Å². The van der Waals surface area contributed by atoms with Crippen molar-refractivity contribution in [2.24, 2.45) is 0 Å². The highest BCUT2D eigenvalue weighted by Crippen LogP contribution is 2.24. The number of hydrogen-bond donors (Lipinski definition) is 0. The normalized spacial score (nSPS) is 11.4. The molecule has 0 amide bonds. The maximum Gasteiger partial charge on any atom is 0.379 e. The second-order valence-corrected chi connectivity index (χ2v) is 5.35. The van der Waals surface area contributed by atoms with Crippen LogP contribution in [0.3, 0.4) is 0 Å². The molecule has 2 aromatic carbocycles. The van der Waals surface area contributed by atoms with Gasteiger partial charge in [0.2, 0.25) is 0 Å². The van der Waals surface area contributed by atoms with Gasteiger partial charge in [-0.2, -0.15) is 0 Å².